The number of aliphatic imine (C=N–C) groups is 1. The Labute approximate surface area is 717 Å². The van der Waals surface area contributed by atoms with Crippen molar-refractivity contribution in [2.75, 3.05) is 0 Å². The van der Waals surface area contributed by atoms with Crippen LogP contribution in [0.2, 0.25) is 0 Å². The van der Waals surface area contributed by atoms with Gasteiger partial charge in [-0.05, 0) is 210 Å². The number of aromatic nitrogens is 4. The summed E-state index contributed by atoms with van der Waals surface area (Å²) in [7, 11) is 0. The third kappa shape index (κ3) is 35.8. The highest BCUT2D eigenvalue weighted by molar-refractivity contribution is 6.12. The van der Waals surface area contributed by atoms with Crippen LogP contribution in [0.4, 0.5) is 0 Å². The SMILES string of the molecule is Cc1ccc(C)c(C)c1.Cc1ccc(CC2CCCCC2)cc1.Cc1cccc(C)c1C.Cc1ccccc1C.[HH].[HH].[HH].c1ccc(C(=NCc2cnccn2)c2ccccc2)cc1.c1ccc(CC2CCCCC2)cc1.c1ccc(CC2CCCCC2)nc1.c1ccc(CCc2ccccc2)cc1.c1ccc2nc(CC3CCCCC3)ccc2c1. The van der Waals surface area contributed by atoms with Gasteiger partial charge in [-0.15, -0.1) is 0 Å². The summed E-state index contributed by atoms with van der Waals surface area (Å²) in [6, 6.07) is 102. The van der Waals surface area contributed by atoms with Crippen molar-refractivity contribution < 1.29 is 4.28 Å². The summed E-state index contributed by atoms with van der Waals surface area (Å²) in [6.07, 6.45) is 43.0. The lowest BCUT2D eigenvalue weighted by Gasteiger charge is -2.21. The first-order valence-corrected chi connectivity index (χ1v) is 44.7. The molecule has 0 radical (unpaired) electrons. The van der Waals surface area contributed by atoms with E-state index in [-0.39, 0.29) is 4.28 Å². The highest BCUT2D eigenvalue weighted by atomic mass is 14.8. The Kier molecular flexibility index (Phi) is 41.6. The van der Waals surface area contributed by atoms with Crippen LogP contribution < -0.4 is 0 Å². The summed E-state index contributed by atoms with van der Waals surface area (Å²) < 4.78 is 0. The molecule has 4 aliphatic rings. The van der Waals surface area contributed by atoms with Crippen molar-refractivity contribution in [3.63, 3.8) is 0 Å². The van der Waals surface area contributed by atoms with Crippen molar-refractivity contribution in [1.82, 2.24) is 19.9 Å². The Balaban J connectivity index is 0.000000213. The Morgan fingerprint density at radius 2 is 0.695 bits per heavy atom. The molecule has 0 bridgehead atoms. The Morgan fingerprint density at radius 1 is 0.297 bits per heavy atom. The lowest BCUT2D eigenvalue weighted by molar-refractivity contribution is 0.354. The smallest absolute Gasteiger partial charge is 0.0835 e. The van der Waals surface area contributed by atoms with E-state index in [1.807, 2.05) is 48.7 Å². The average molecular weight is 1570 g/mol. The minimum Gasteiger partial charge on any atom is -0.278 e. The van der Waals surface area contributed by atoms with E-state index >= 15 is 0 Å². The maximum Gasteiger partial charge on any atom is 0.0835 e. The molecule has 4 fully saturated rings. The van der Waals surface area contributed by atoms with E-state index in [1.54, 1.807) is 18.6 Å². The molecular weight excluding hydrogens is 1430 g/mol. The Morgan fingerprint density at radius 3 is 1.14 bits per heavy atom. The summed E-state index contributed by atoms with van der Waals surface area (Å²) in [5.41, 5.74) is 26.0. The number of rotatable bonds is 15. The fraction of sp³-hybridized carbons (Fsp3) is 0.354. The van der Waals surface area contributed by atoms with Crippen LogP contribution >= 0.6 is 0 Å². The van der Waals surface area contributed by atoms with Gasteiger partial charge in [0.15, 0.2) is 0 Å². The van der Waals surface area contributed by atoms with Crippen LogP contribution in [0.5, 0.6) is 0 Å². The van der Waals surface area contributed by atoms with Gasteiger partial charge < -0.3 is 0 Å². The van der Waals surface area contributed by atoms with E-state index in [9.17, 15) is 0 Å². The second-order valence-corrected chi connectivity index (χ2v) is 33.4. The zero-order chi connectivity index (χ0) is 82.8. The van der Waals surface area contributed by atoms with Crippen LogP contribution in [0.15, 0.2) is 321 Å². The van der Waals surface area contributed by atoms with Crippen LogP contribution in [0.1, 0.15) is 233 Å². The molecule has 5 heteroatoms. The number of hydrogen-bond acceptors (Lipinski definition) is 5. The van der Waals surface area contributed by atoms with Gasteiger partial charge in [0.2, 0.25) is 0 Å². The molecular formula is C113H143N5. The molecule has 10 aromatic carbocycles. The van der Waals surface area contributed by atoms with Crippen LogP contribution in [0.3, 0.4) is 0 Å². The first-order chi connectivity index (χ1) is 57.8. The van der Waals surface area contributed by atoms with Gasteiger partial charge in [-0.25, -0.2) is 0 Å². The van der Waals surface area contributed by atoms with Crippen molar-refractivity contribution in [2.45, 2.75) is 236 Å². The Hall–Kier alpha value is -10.5. The monoisotopic (exact) mass is 1570 g/mol. The molecule has 620 valence electrons. The van der Waals surface area contributed by atoms with Crippen molar-refractivity contribution in [3.05, 3.63) is 417 Å². The van der Waals surface area contributed by atoms with E-state index in [2.05, 4.69) is 326 Å². The van der Waals surface area contributed by atoms with Gasteiger partial charge in [0.25, 0.3) is 0 Å². The summed E-state index contributed by atoms with van der Waals surface area (Å²) in [5.74, 6) is 3.71. The largest absolute Gasteiger partial charge is 0.278 e. The molecule has 3 heterocycles. The maximum absolute atomic E-state index is 4.77. The molecule has 0 saturated heterocycles. The quantitative estimate of drug-likeness (QED) is 0.0960. The third-order valence-electron chi connectivity index (χ3n) is 23.8. The van der Waals surface area contributed by atoms with Gasteiger partial charge in [-0.3, -0.25) is 24.9 Å². The van der Waals surface area contributed by atoms with Gasteiger partial charge in [-0.1, -0.05) is 406 Å². The molecule has 0 amide bonds. The van der Waals surface area contributed by atoms with Gasteiger partial charge in [0, 0.05) is 50.8 Å². The summed E-state index contributed by atoms with van der Waals surface area (Å²) >= 11 is 0. The first-order valence-electron chi connectivity index (χ1n) is 44.7. The van der Waals surface area contributed by atoms with Crippen molar-refractivity contribution >= 4 is 16.6 Å². The lowest BCUT2D eigenvalue weighted by Crippen LogP contribution is -2.10. The number of aryl methyl sites for hydroxylation is 10. The average Bonchev–Trinajstić information content (AvgIpc) is 0.832. The van der Waals surface area contributed by atoms with Gasteiger partial charge in [-0.2, -0.15) is 0 Å². The molecule has 13 aromatic rings. The fourth-order valence-electron chi connectivity index (χ4n) is 16.0. The summed E-state index contributed by atoms with van der Waals surface area (Å²) in [5, 5.41) is 1.25. The van der Waals surface area contributed by atoms with Gasteiger partial charge >= 0.3 is 0 Å². The van der Waals surface area contributed by atoms with Crippen LogP contribution in [0.25, 0.3) is 10.9 Å². The second-order valence-electron chi connectivity index (χ2n) is 33.4. The summed E-state index contributed by atoms with van der Waals surface area (Å²) in [4.78, 5) is 22.2. The Bertz CT molecular complexity index is 4650. The zero-order valence-electron chi connectivity index (χ0n) is 73.2. The standard InChI is InChI=1S/C18H15N3.C16H19N.C14H20.C14H14.C13H18.C12H17N.2C9H12.C8H10.3H2/c1-3-7-15(8-4-1)18(16-9-5-2-6-10-16)21-14-17-13-19-11-12-20-17;1-2-6-13(7-3-1)12-15-11-10-14-8-4-5-9-16(14)17-15;1-12-7-9-14(10-8-12)11-13-5-3-2-4-6-13;1-3-7-13(8-4-1)11-12-14-9-5-2-6-10-14;1-3-7-12(8-4-1)11-13-9-5-2-6-10-13;1-2-6-11(7-3-1)10-12-8-4-5-9-13-12;1-7-4-5-8(2)9(3)6-7;1-7-5-4-6-8(2)9(7)3;1-7-5-3-4-6-8(7)2;;;/h1-13H,14H2;4-5,8-11,13H,1-3,6-7,12H2;7-10,13H,2-6,11H2,1H3;1-10H,11-12H2;1,3-4,7-8,13H,2,5-6,9-11H2;4-5,8-9,11H,1-3,6-7,10H2;2*4-6H,1-3H3;3-6H,1-2H3;3*1H. The normalized spacial score (nSPS) is 13.9. The van der Waals surface area contributed by atoms with Crippen molar-refractivity contribution in [3.8, 4) is 0 Å². The minimum atomic E-state index is 0. The van der Waals surface area contributed by atoms with E-state index in [4.69, 9.17) is 9.98 Å². The molecule has 4 aliphatic carbocycles. The molecule has 4 saturated carbocycles. The maximum atomic E-state index is 4.77. The fourth-order valence-corrected chi connectivity index (χ4v) is 16.0. The molecule has 0 aliphatic heterocycles. The highest BCUT2D eigenvalue weighted by Gasteiger charge is 2.18. The number of hydrogen-bond donors (Lipinski definition) is 0. The number of pyridine rings is 2. The topological polar surface area (TPSA) is 63.9 Å². The van der Waals surface area contributed by atoms with Crippen molar-refractivity contribution in [1.29, 1.82) is 0 Å². The molecule has 0 unspecified atom stereocenters. The van der Waals surface area contributed by atoms with Gasteiger partial charge in [0.1, 0.15) is 0 Å². The van der Waals surface area contributed by atoms with Crippen LogP contribution in [-0.4, -0.2) is 25.6 Å². The third-order valence-corrected chi connectivity index (χ3v) is 23.8. The molecule has 118 heavy (non-hydrogen) atoms. The molecule has 0 N–H and O–H groups in total. The molecule has 17 rings (SSSR count). The van der Waals surface area contributed by atoms with Crippen LogP contribution in [-0.2, 0) is 45.1 Å². The van der Waals surface area contributed by atoms with E-state index in [1.165, 1.54) is 243 Å². The number of para-hydroxylation sites is 1. The predicted octanol–water partition coefficient (Wildman–Crippen LogP) is 30.7. The number of fused-ring (bicyclic) bond motifs is 1. The zero-order valence-corrected chi connectivity index (χ0v) is 73.2. The van der Waals surface area contributed by atoms with Crippen molar-refractivity contribution in [2.24, 2.45) is 28.7 Å². The van der Waals surface area contributed by atoms with E-state index < -0.39 is 0 Å². The molecule has 0 spiro atoms. The number of nitrogens with zero attached hydrogens (tertiary/aromatic N) is 5. The van der Waals surface area contributed by atoms with E-state index in [0.29, 0.717) is 6.54 Å². The molecule has 5 nitrogen and oxygen atoms in total. The number of benzene rings is 10. The highest BCUT2D eigenvalue weighted by Crippen LogP contribution is 2.31. The van der Waals surface area contributed by atoms with Crippen LogP contribution in [0, 0.1) is 86.0 Å². The summed E-state index contributed by atoms with van der Waals surface area (Å²) in [6.45, 7) is 19.8. The lowest BCUT2D eigenvalue weighted by atomic mass is 9.85. The predicted molar refractivity (Wildman–Crippen MR) is 513 cm³/mol. The van der Waals surface area contributed by atoms with Gasteiger partial charge in [0.05, 0.1) is 29.7 Å². The second kappa shape index (κ2) is 53.8. The van der Waals surface area contributed by atoms with E-state index in [0.717, 1.165) is 64.6 Å². The molecule has 3 aromatic heterocycles. The molecule has 0 atom stereocenters. The minimum absolute atomic E-state index is 0. The first kappa shape index (κ1) is 91.4.